The van der Waals surface area contributed by atoms with Gasteiger partial charge in [0.05, 0.1) is 11.9 Å². The third-order valence-electron chi connectivity index (χ3n) is 3.35. The maximum atomic E-state index is 11.9. The van der Waals surface area contributed by atoms with E-state index in [0.29, 0.717) is 19.6 Å². The van der Waals surface area contributed by atoms with Gasteiger partial charge in [0.2, 0.25) is 5.91 Å². The third kappa shape index (κ3) is 5.63. The Bertz CT molecular complexity index is 500. The second kappa shape index (κ2) is 9.24. The van der Waals surface area contributed by atoms with Crippen molar-refractivity contribution in [3.8, 4) is 0 Å². The Morgan fingerprint density at radius 2 is 2.26 bits per heavy atom. The summed E-state index contributed by atoms with van der Waals surface area (Å²) in [5.41, 5.74) is 0.807. The molecule has 7 nitrogen and oxygen atoms in total. The summed E-state index contributed by atoms with van der Waals surface area (Å²) in [5, 5.41) is 4.41. The van der Waals surface area contributed by atoms with Crippen LogP contribution in [0.1, 0.15) is 20.8 Å². The van der Waals surface area contributed by atoms with E-state index in [4.69, 9.17) is 10.8 Å². The summed E-state index contributed by atoms with van der Waals surface area (Å²) in [7, 11) is 1.77. The highest BCUT2D eigenvalue weighted by Gasteiger charge is 2.50. The van der Waals surface area contributed by atoms with E-state index in [1.807, 2.05) is 45.1 Å². The van der Waals surface area contributed by atoms with Crippen LogP contribution in [0.4, 0.5) is 5.69 Å². The molecule has 0 saturated carbocycles. The number of nitrogens with one attached hydrogen (secondary N) is 1. The highest BCUT2D eigenvalue weighted by molar-refractivity contribution is 5.79. The van der Waals surface area contributed by atoms with Crippen molar-refractivity contribution in [3.63, 3.8) is 0 Å². The van der Waals surface area contributed by atoms with Crippen molar-refractivity contribution in [2.24, 2.45) is 11.8 Å². The predicted octanol–water partition coefficient (Wildman–Crippen LogP) is 1.40. The van der Waals surface area contributed by atoms with Crippen molar-refractivity contribution in [2.75, 3.05) is 31.7 Å². The quantitative estimate of drug-likeness (QED) is 0.358. The van der Waals surface area contributed by atoms with Gasteiger partial charge in [-0.1, -0.05) is 35.7 Å². The molecule has 0 spiro atoms. The summed E-state index contributed by atoms with van der Waals surface area (Å²) in [5.74, 6) is 5.99. The molecule has 1 aliphatic heterocycles. The summed E-state index contributed by atoms with van der Waals surface area (Å²) in [4.78, 5) is 21.6. The zero-order valence-corrected chi connectivity index (χ0v) is 14.4. The lowest BCUT2D eigenvalue weighted by Gasteiger charge is -2.42. The van der Waals surface area contributed by atoms with Gasteiger partial charge in [-0.05, 0) is 19.1 Å². The number of quaternary nitrogens is 1. The smallest absolute Gasteiger partial charge is 0.235 e. The topological polar surface area (TPSA) is 80.5 Å². The molecule has 2 rings (SSSR count). The average molecular weight is 322 g/mol. The number of anilines is 1. The number of nitrogens with zero attached hydrogens (tertiary/aromatic N) is 3. The van der Waals surface area contributed by atoms with Gasteiger partial charge in [0.1, 0.15) is 19.0 Å². The molecule has 0 bridgehead atoms. The van der Waals surface area contributed by atoms with E-state index in [-0.39, 0.29) is 16.6 Å². The first-order valence-electron chi connectivity index (χ1n) is 7.92. The van der Waals surface area contributed by atoms with E-state index in [1.54, 1.807) is 24.5 Å². The number of amides is 1. The lowest BCUT2D eigenvalue weighted by atomic mass is 10.0. The predicted molar refractivity (Wildman–Crippen MR) is 90.6 cm³/mol. The molecule has 1 fully saturated rings. The summed E-state index contributed by atoms with van der Waals surface area (Å²) in [6.45, 7) is 7.37. The van der Waals surface area contributed by atoms with E-state index < -0.39 is 0 Å². The Balaban J connectivity index is 0.00000127. The number of rotatable bonds is 6. The summed E-state index contributed by atoms with van der Waals surface area (Å²) >= 11 is 0. The van der Waals surface area contributed by atoms with E-state index in [0.717, 1.165) is 5.69 Å². The Kier molecular flexibility index (Phi) is 7.67. The molecular formula is C16H28N5O2+. The summed E-state index contributed by atoms with van der Waals surface area (Å²) in [6, 6.07) is 3.70. The van der Waals surface area contributed by atoms with Crippen LogP contribution in [0.5, 0.6) is 0 Å². The fourth-order valence-electron chi connectivity index (χ4n) is 2.18. The number of allylic oxidation sites excluding steroid dienone is 1. The third-order valence-corrected chi connectivity index (χ3v) is 3.35. The van der Waals surface area contributed by atoms with Crippen LogP contribution in [0, 0.1) is 5.92 Å². The lowest BCUT2D eigenvalue weighted by Crippen LogP contribution is -2.72. The molecule has 0 atom stereocenters. The molecular weight excluding hydrogens is 294 g/mol. The van der Waals surface area contributed by atoms with Crippen molar-refractivity contribution in [1.29, 1.82) is 0 Å². The number of hydrogen-bond acceptors (Lipinski definition) is 5. The Hall–Kier alpha value is -1.96. The lowest BCUT2D eigenvalue weighted by molar-refractivity contribution is -1.15. The van der Waals surface area contributed by atoms with Crippen LogP contribution in [0.3, 0.4) is 0 Å². The molecule has 1 saturated heterocycles. The molecule has 0 aliphatic carbocycles. The van der Waals surface area contributed by atoms with Crippen LogP contribution in [0.2, 0.25) is 0 Å². The van der Waals surface area contributed by atoms with Gasteiger partial charge in [-0.3, -0.25) is 9.78 Å². The Labute approximate surface area is 138 Å². The standard InChI is InChI=1S/C14H21N5O2.C2H6/c1-3-4-8-17-14(20)12-10-19(15,11-12)21-18(2)13-6-5-7-16-9-13;1-2/h3-7,9,12H,8,10-11,15H2,1-2H3;1-2H3/p+1/b4-3+;. The van der Waals surface area contributed by atoms with E-state index in [1.165, 1.54) is 0 Å². The number of aromatic nitrogens is 1. The first-order chi connectivity index (χ1) is 11.0. The normalized spacial score (nSPS) is 22.7. The van der Waals surface area contributed by atoms with Gasteiger partial charge in [0, 0.05) is 19.8 Å². The fourth-order valence-corrected chi connectivity index (χ4v) is 2.18. The average Bonchev–Trinajstić information content (AvgIpc) is 2.55. The molecule has 0 radical (unpaired) electrons. The number of carbonyl (C=O) groups excluding carboxylic acids is 1. The zero-order valence-electron chi connectivity index (χ0n) is 14.4. The molecule has 128 valence electrons. The number of pyridine rings is 1. The molecule has 2 heterocycles. The summed E-state index contributed by atoms with van der Waals surface area (Å²) < 4.78 is -0.104. The van der Waals surface area contributed by atoms with Gasteiger partial charge >= 0.3 is 0 Å². The van der Waals surface area contributed by atoms with E-state index >= 15 is 0 Å². The molecule has 0 aromatic carbocycles. The number of nitrogens with two attached hydrogens (primary N) is 1. The Morgan fingerprint density at radius 1 is 1.57 bits per heavy atom. The number of carbonyl (C=O) groups is 1. The fraction of sp³-hybridized carbons (Fsp3) is 0.500. The van der Waals surface area contributed by atoms with E-state index in [2.05, 4.69) is 10.3 Å². The van der Waals surface area contributed by atoms with Gasteiger partial charge in [0.25, 0.3) is 0 Å². The Morgan fingerprint density at radius 3 is 2.83 bits per heavy atom. The molecule has 0 unspecified atom stereocenters. The molecule has 1 aromatic heterocycles. The highest BCUT2D eigenvalue weighted by atomic mass is 16.9. The van der Waals surface area contributed by atoms with Crippen molar-refractivity contribution >= 4 is 11.6 Å². The SMILES string of the molecule is C/C=C/CNC(=O)C1C[N+](N)(ON(C)c2cccnc2)C1.CC. The minimum absolute atomic E-state index is 0.0138. The second-order valence-electron chi connectivity index (χ2n) is 5.12. The minimum Gasteiger partial charge on any atom is -0.352 e. The van der Waals surface area contributed by atoms with Crippen molar-refractivity contribution < 1.29 is 14.5 Å². The van der Waals surface area contributed by atoms with E-state index in [9.17, 15) is 4.79 Å². The van der Waals surface area contributed by atoms with Crippen LogP contribution in [0.25, 0.3) is 0 Å². The van der Waals surface area contributed by atoms with Crippen molar-refractivity contribution in [1.82, 2.24) is 10.3 Å². The zero-order chi connectivity index (χ0) is 17.3. The van der Waals surface area contributed by atoms with Crippen LogP contribution < -0.4 is 16.2 Å². The van der Waals surface area contributed by atoms with Crippen LogP contribution >= 0.6 is 0 Å². The second-order valence-corrected chi connectivity index (χ2v) is 5.12. The molecule has 23 heavy (non-hydrogen) atoms. The maximum Gasteiger partial charge on any atom is 0.235 e. The molecule has 1 aromatic rings. The maximum absolute atomic E-state index is 11.9. The van der Waals surface area contributed by atoms with Gasteiger partial charge < -0.3 is 5.32 Å². The monoisotopic (exact) mass is 322 g/mol. The first kappa shape index (κ1) is 19.1. The molecule has 1 aliphatic rings. The highest BCUT2D eigenvalue weighted by Crippen LogP contribution is 2.24. The van der Waals surface area contributed by atoms with Crippen molar-refractivity contribution in [2.45, 2.75) is 20.8 Å². The number of hydrogen-bond donors (Lipinski definition) is 2. The molecule has 1 amide bonds. The van der Waals surface area contributed by atoms with Crippen LogP contribution in [0.15, 0.2) is 36.7 Å². The van der Waals surface area contributed by atoms with Gasteiger partial charge in [-0.15, -0.1) is 5.84 Å². The van der Waals surface area contributed by atoms with Gasteiger partial charge in [-0.2, -0.15) is 0 Å². The molecule has 3 N–H and O–H groups in total. The number of hydroxylamine groups is 3. The van der Waals surface area contributed by atoms with Crippen LogP contribution in [-0.2, 0) is 9.73 Å². The summed E-state index contributed by atoms with van der Waals surface area (Å²) in [6.07, 6.45) is 7.18. The van der Waals surface area contributed by atoms with Crippen LogP contribution in [-0.4, -0.2) is 42.3 Å². The minimum atomic E-state index is -0.109. The molecule has 7 heteroatoms. The van der Waals surface area contributed by atoms with Gasteiger partial charge in [-0.25, -0.2) is 5.06 Å². The van der Waals surface area contributed by atoms with Gasteiger partial charge in [0.15, 0.2) is 0 Å². The largest absolute Gasteiger partial charge is 0.352 e. The first-order valence-corrected chi connectivity index (χ1v) is 7.92. The van der Waals surface area contributed by atoms with Crippen molar-refractivity contribution in [3.05, 3.63) is 36.7 Å².